The average Bonchev–Trinajstić information content (AvgIpc) is 2.89. The fraction of sp³-hybridized carbons (Fsp3) is 0.303. The molecule has 0 radical (unpaired) electrons. The lowest BCUT2D eigenvalue weighted by atomic mass is 9.59. The van der Waals surface area contributed by atoms with E-state index in [1.54, 1.807) is 0 Å². The van der Waals surface area contributed by atoms with E-state index in [1.807, 2.05) is 69.3 Å². The van der Waals surface area contributed by atoms with Crippen LogP contribution in [0.5, 0.6) is 5.75 Å². The van der Waals surface area contributed by atoms with Crippen molar-refractivity contribution in [3.05, 3.63) is 82.1 Å². The Hall–Kier alpha value is -4.43. The Balaban J connectivity index is 1.61. The lowest BCUT2D eigenvalue weighted by molar-refractivity contribution is -0.147. The minimum absolute atomic E-state index is 0.0852. The highest BCUT2D eigenvalue weighted by molar-refractivity contribution is 6.22. The van der Waals surface area contributed by atoms with E-state index in [-0.39, 0.29) is 36.1 Å². The predicted octanol–water partition coefficient (Wildman–Crippen LogP) is 4.54. The van der Waals surface area contributed by atoms with Crippen LogP contribution in [0.3, 0.4) is 0 Å². The lowest BCUT2D eigenvalue weighted by Gasteiger charge is -2.46. The molecule has 0 aromatic heterocycles. The number of nitrogens with two attached hydrogens (primary N) is 1. The van der Waals surface area contributed by atoms with E-state index in [2.05, 4.69) is 0 Å². The summed E-state index contributed by atoms with van der Waals surface area (Å²) in [4.78, 5) is 38.5. The van der Waals surface area contributed by atoms with Crippen molar-refractivity contribution in [2.45, 2.75) is 51.0 Å². The van der Waals surface area contributed by atoms with Crippen molar-refractivity contribution in [2.24, 2.45) is 17.6 Å². The molecule has 210 valence electrons. The summed E-state index contributed by atoms with van der Waals surface area (Å²) in [5, 5.41) is 47.7. The molecule has 0 aliphatic heterocycles. The Morgan fingerprint density at radius 3 is 2.32 bits per heavy atom. The molecule has 3 aliphatic carbocycles. The number of aliphatic hydroxyl groups is 3. The summed E-state index contributed by atoms with van der Waals surface area (Å²) in [5.74, 6) is -6.33. The zero-order valence-electron chi connectivity index (χ0n) is 23.0. The normalized spacial score (nSPS) is 24.3. The Labute approximate surface area is 236 Å². The second-order valence-corrected chi connectivity index (χ2v) is 12.4. The summed E-state index contributed by atoms with van der Waals surface area (Å²) in [5.41, 5.74) is 4.20. The molecule has 0 unspecified atom stereocenters. The minimum atomic E-state index is -2.59. The molecule has 6 N–H and O–H groups in total. The van der Waals surface area contributed by atoms with Gasteiger partial charge in [0.1, 0.15) is 22.8 Å². The number of aliphatic hydroxyl groups excluding tert-OH is 2. The van der Waals surface area contributed by atoms with Crippen molar-refractivity contribution in [3.63, 3.8) is 0 Å². The van der Waals surface area contributed by atoms with Crippen LogP contribution in [0.4, 0.5) is 0 Å². The van der Waals surface area contributed by atoms with Crippen LogP contribution in [0.1, 0.15) is 50.3 Å². The number of primary amides is 1. The summed E-state index contributed by atoms with van der Waals surface area (Å²) in [6, 6.07) is 15.9. The van der Waals surface area contributed by atoms with Crippen LogP contribution in [0.15, 0.2) is 65.4 Å². The molecule has 0 bridgehead atoms. The third-order valence-electron chi connectivity index (χ3n) is 8.93. The summed E-state index contributed by atoms with van der Waals surface area (Å²) < 4.78 is 0. The van der Waals surface area contributed by atoms with Gasteiger partial charge in [0.05, 0.1) is 5.56 Å². The average molecular weight is 554 g/mol. The molecule has 0 saturated heterocycles. The first-order chi connectivity index (χ1) is 19.2. The van der Waals surface area contributed by atoms with Gasteiger partial charge < -0.3 is 26.2 Å². The van der Waals surface area contributed by atoms with E-state index in [0.29, 0.717) is 11.1 Å². The molecule has 8 heteroatoms. The van der Waals surface area contributed by atoms with Gasteiger partial charge in [0.25, 0.3) is 5.91 Å². The van der Waals surface area contributed by atoms with Crippen LogP contribution in [-0.4, -0.2) is 43.5 Å². The third-order valence-corrected chi connectivity index (χ3v) is 8.93. The summed E-state index contributed by atoms with van der Waals surface area (Å²) >= 11 is 0. The van der Waals surface area contributed by atoms with Gasteiger partial charge in [0.2, 0.25) is 5.78 Å². The van der Waals surface area contributed by atoms with E-state index in [1.165, 1.54) is 0 Å². The van der Waals surface area contributed by atoms with Gasteiger partial charge in [-0.3, -0.25) is 14.4 Å². The number of carbonyl (C=O) groups excluding carboxylic acids is 3. The molecule has 3 aliphatic rings. The van der Waals surface area contributed by atoms with Gasteiger partial charge in [-0.15, -0.1) is 0 Å². The molecular weight excluding hydrogens is 522 g/mol. The molecule has 41 heavy (non-hydrogen) atoms. The van der Waals surface area contributed by atoms with Crippen molar-refractivity contribution in [1.82, 2.24) is 0 Å². The first-order valence-electron chi connectivity index (χ1n) is 13.6. The van der Waals surface area contributed by atoms with Crippen LogP contribution >= 0.6 is 0 Å². The number of carbonyl (C=O) groups is 3. The molecule has 6 rings (SSSR count). The quantitative estimate of drug-likeness (QED) is 0.291. The van der Waals surface area contributed by atoms with Crippen LogP contribution < -0.4 is 5.73 Å². The number of rotatable bonds is 2. The van der Waals surface area contributed by atoms with Crippen molar-refractivity contribution in [2.75, 3.05) is 0 Å². The second-order valence-electron chi connectivity index (χ2n) is 12.4. The van der Waals surface area contributed by atoms with Gasteiger partial charge in [-0.05, 0) is 63.8 Å². The molecule has 0 heterocycles. The monoisotopic (exact) mass is 553 g/mol. The standard InChI is InChI=1S/C33H31NO7/c1-32(2,3)22-14-20(17-9-8-15-6-4-5-7-16(15)10-17)21-12-18-11-19-13-23(35)26(31(34)40)30(39)33(19,41)29(38)24(18)28(37)25(21)27(22)36/h4-10,14,18-19,36-37,39,41H,11-13H2,1-3H3,(H2,34,40)/t18-,19+,33+/m1/s1. The third kappa shape index (κ3) is 3.74. The zero-order valence-corrected chi connectivity index (χ0v) is 23.0. The van der Waals surface area contributed by atoms with Crippen molar-refractivity contribution in [1.29, 1.82) is 0 Å². The molecule has 3 aromatic carbocycles. The number of phenolic OH excluding ortho intramolecular Hbond substituents is 1. The SMILES string of the molecule is CC(C)(C)c1cc(-c2ccc3ccccc3c2)c2c(c1O)C(O)=C1C(=O)[C@]3(O)C(O)=C(C(N)=O)C(=O)C[C@@H]3C[C@@H]1C2. The first-order valence-corrected chi connectivity index (χ1v) is 13.6. The van der Waals surface area contributed by atoms with Crippen LogP contribution in [0.25, 0.3) is 27.7 Å². The second kappa shape index (κ2) is 8.78. The Morgan fingerprint density at radius 1 is 0.976 bits per heavy atom. The first kappa shape index (κ1) is 26.8. The molecular formula is C33H31NO7. The fourth-order valence-electron chi connectivity index (χ4n) is 6.88. The maximum atomic E-state index is 13.9. The highest BCUT2D eigenvalue weighted by Crippen LogP contribution is 2.54. The van der Waals surface area contributed by atoms with Crippen molar-refractivity contribution < 1.29 is 34.8 Å². The van der Waals surface area contributed by atoms with E-state index in [9.17, 15) is 34.8 Å². The predicted molar refractivity (Wildman–Crippen MR) is 153 cm³/mol. The number of benzene rings is 3. The molecule has 1 fully saturated rings. The van der Waals surface area contributed by atoms with Gasteiger partial charge in [-0.2, -0.15) is 0 Å². The number of hydrogen-bond donors (Lipinski definition) is 5. The smallest absolute Gasteiger partial charge is 0.255 e. The van der Waals surface area contributed by atoms with E-state index < -0.39 is 57.4 Å². The van der Waals surface area contributed by atoms with Crippen molar-refractivity contribution in [3.8, 4) is 16.9 Å². The Bertz CT molecular complexity index is 1770. The fourth-order valence-corrected chi connectivity index (χ4v) is 6.88. The minimum Gasteiger partial charge on any atom is -0.508 e. The number of hydrogen-bond acceptors (Lipinski definition) is 7. The highest BCUT2D eigenvalue weighted by atomic mass is 16.3. The molecule has 8 nitrogen and oxygen atoms in total. The molecule has 1 saturated carbocycles. The number of fused-ring (bicyclic) bond motifs is 4. The largest absolute Gasteiger partial charge is 0.508 e. The van der Waals surface area contributed by atoms with Crippen LogP contribution in [0, 0.1) is 11.8 Å². The summed E-state index contributed by atoms with van der Waals surface area (Å²) in [6.07, 6.45) is -0.0237. The van der Waals surface area contributed by atoms with Crippen molar-refractivity contribution >= 4 is 34.0 Å². The van der Waals surface area contributed by atoms with E-state index >= 15 is 0 Å². The summed E-state index contributed by atoms with van der Waals surface area (Å²) in [7, 11) is 0. The maximum Gasteiger partial charge on any atom is 0.255 e. The maximum absolute atomic E-state index is 13.9. The van der Waals surface area contributed by atoms with Gasteiger partial charge in [0.15, 0.2) is 11.4 Å². The van der Waals surface area contributed by atoms with Gasteiger partial charge in [-0.1, -0.05) is 57.2 Å². The number of Topliss-reactive ketones (excluding diaryl/α,β-unsaturated/α-hetero) is 2. The topological polar surface area (TPSA) is 158 Å². The lowest BCUT2D eigenvalue weighted by Crippen LogP contribution is -2.58. The van der Waals surface area contributed by atoms with Crippen LogP contribution in [-0.2, 0) is 26.2 Å². The van der Waals surface area contributed by atoms with Gasteiger partial charge in [-0.25, -0.2) is 0 Å². The Morgan fingerprint density at radius 2 is 1.66 bits per heavy atom. The molecule has 3 aromatic rings. The van der Waals surface area contributed by atoms with Gasteiger partial charge in [0, 0.05) is 23.5 Å². The number of phenols is 1. The van der Waals surface area contributed by atoms with E-state index in [0.717, 1.165) is 21.9 Å². The van der Waals surface area contributed by atoms with Gasteiger partial charge >= 0.3 is 0 Å². The van der Waals surface area contributed by atoms with Crippen LogP contribution in [0.2, 0.25) is 0 Å². The molecule has 0 spiro atoms. The number of amides is 1. The van der Waals surface area contributed by atoms with E-state index in [4.69, 9.17) is 5.73 Å². The zero-order chi connectivity index (χ0) is 29.6. The molecule has 1 amide bonds. The molecule has 3 atom stereocenters. The number of aromatic hydroxyl groups is 1. The highest BCUT2D eigenvalue weighted by Gasteiger charge is 2.60. The number of ketones is 2. The summed E-state index contributed by atoms with van der Waals surface area (Å²) in [6.45, 7) is 5.79. The Kier molecular flexibility index (Phi) is 5.74.